The molecule has 1 saturated heterocycles. The van der Waals surface area contributed by atoms with Crippen LogP contribution < -0.4 is 0 Å². The number of aliphatic hydroxyl groups excluding tert-OH is 1. The van der Waals surface area contributed by atoms with Crippen LogP contribution in [0.25, 0.3) is 0 Å². The van der Waals surface area contributed by atoms with Gasteiger partial charge in [0.1, 0.15) is 0 Å². The number of hydrogen-bond donors (Lipinski definition) is 1. The number of piperidine rings is 1. The zero-order valence-corrected chi connectivity index (χ0v) is 14.9. The largest absolute Gasteiger partial charge is 0.389 e. The van der Waals surface area contributed by atoms with E-state index in [9.17, 15) is 5.11 Å². The van der Waals surface area contributed by atoms with Crippen molar-refractivity contribution in [1.29, 1.82) is 0 Å². The van der Waals surface area contributed by atoms with Crippen molar-refractivity contribution in [2.24, 2.45) is 23.2 Å². The minimum Gasteiger partial charge on any atom is -0.389 e. The zero-order valence-electron chi connectivity index (χ0n) is 14.9. The molecule has 5 aliphatic rings. The van der Waals surface area contributed by atoms with E-state index in [0.717, 1.165) is 37.5 Å². The maximum Gasteiger partial charge on any atom is 0.0900 e. The molecule has 1 aliphatic heterocycles. The second-order valence-corrected chi connectivity index (χ2v) is 9.43. The van der Waals surface area contributed by atoms with Crippen LogP contribution in [0, 0.1) is 23.2 Å². The summed E-state index contributed by atoms with van der Waals surface area (Å²) in [6.45, 7) is 5.67. The molecule has 0 spiro atoms. The molecule has 3 nitrogen and oxygen atoms in total. The van der Waals surface area contributed by atoms with Gasteiger partial charge in [-0.25, -0.2) is 0 Å². The molecule has 2 atom stereocenters. The Balaban J connectivity index is 1.22. The van der Waals surface area contributed by atoms with Crippen LogP contribution in [-0.2, 0) is 4.74 Å². The topological polar surface area (TPSA) is 32.7 Å². The Morgan fingerprint density at radius 2 is 1.74 bits per heavy atom. The number of rotatable bonds is 6. The second-order valence-electron chi connectivity index (χ2n) is 9.43. The van der Waals surface area contributed by atoms with E-state index < -0.39 is 0 Å². The first-order chi connectivity index (χ1) is 11.1. The lowest BCUT2D eigenvalue weighted by Gasteiger charge is -2.56. The van der Waals surface area contributed by atoms with Gasteiger partial charge in [0.2, 0.25) is 0 Å². The molecule has 0 radical (unpaired) electrons. The van der Waals surface area contributed by atoms with Crippen LogP contribution in [0.3, 0.4) is 0 Å². The van der Waals surface area contributed by atoms with Gasteiger partial charge in [0.05, 0.1) is 19.3 Å². The van der Waals surface area contributed by atoms with Crippen molar-refractivity contribution in [3.63, 3.8) is 0 Å². The van der Waals surface area contributed by atoms with Crippen molar-refractivity contribution in [3.8, 4) is 0 Å². The van der Waals surface area contributed by atoms with E-state index >= 15 is 0 Å². The highest BCUT2D eigenvalue weighted by atomic mass is 16.5. The van der Waals surface area contributed by atoms with Gasteiger partial charge in [-0.15, -0.1) is 0 Å². The van der Waals surface area contributed by atoms with Crippen molar-refractivity contribution in [1.82, 2.24) is 4.90 Å². The standard InChI is InChI=1S/C20H35NO2/c1-15-4-2-3-5-21(15)12-19(22)13-23-14-20-9-16-6-17(10-20)8-18(7-16)11-20/h15-19,22H,2-14H2,1H3. The third kappa shape index (κ3) is 3.62. The SMILES string of the molecule is CC1CCCCN1CC(O)COCC12CC3CC(CC(C3)C1)C2. The lowest BCUT2D eigenvalue weighted by Crippen LogP contribution is -2.48. The summed E-state index contributed by atoms with van der Waals surface area (Å²) in [5.41, 5.74) is 0.479. The number of ether oxygens (including phenoxy) is 1. The van der Waals surface area contributed by atoms with E-state index in [-0.39, 0.29) is 6.10 Å². The van der Waals surface area contributed by atoms with Gasteiger partial charge in [-0.2, -0.15) is 0 Å². The number of nitrogens with zero attached hydrogens (tertiary/aromatic N) is 1. The fraction of sp³-hybridized carbons (Fsp3) is 1.00. The summed E-state index contributed by atoms with van der Waals surface area (Å²) >= 11 is 0. The van der Waals surface area contributed by atoms with Gasteiger partial charge >= 0.3 is 0 Å². The van der Waals surface area contributed by atoms with Crippen LogP contribution in [0.5, 0.6) is 0 Å². The third-order valence-corrected chi connectivity index (χ3v) is 7.27. The Bertz CT molecular complexity index is 375. The van der Waals surface area contributed by atoms with Gasteiger partial charge in [0.25, 0.3) is 0 Å². The summed E-state index contributed by atoms with van der Waals surface area (Å²) in [6, 6.07) is 0.626. The van der Waals surface area contributed by atoms with Gasteiger partial charge in [0.15, 0.2) is 0 Å². The monoisotopic (exact) mass is 321 g/mol. The van der Waals surface area contributed by atoms with Crippen molar-refractivity contribution in [3.05, 3.63) is 0 Å². The number of aliphatic hydroxyl groups is 1. The maximum atomic E-state index is 10.4. The highest BCUT2D eigenvalue weighted by Crippen LogP contribution is 2.60. The van der Waals surface area contributed by atoms with Crippen LogP contribution in [0.1, 0.15) is 64.7 Å². The smallest absolute Gasteiger partial charge is 0.0900 e. The summed E-state index contributed by atoms with van der Waals surface area (Å²) in [4.78, 5) is 2.45. The van der Waals surface area contributed by atoms with Gasteiger partial charge in [-0.05, 0) is 88.0 Å². The Morgan fingerprint density at radius 1 is 1.09 bits per heavy atom. The summed E-state index contributed by atoms with van der Waals surface area (Å²) in [7, 11) is 0. The average Bonchev–Trinajstić information content (AvgIpc) is 2.48. The van der Waals surface area contributed by atoms with Crippen molar-refractivity contribution >= 4 is 0 Å². The summed E-state index contributed by atoms with van der Waals surface area (Å²) in [5.74, 6) is 2.97. The molecule has 0 aromatic rings. The Kier molecular flexibility index (Phi) is 4.73. The second kappa shape index (κ2) is 6.65. The molecule has 5 rings (SSSR count). The predicted molar refractivity (Wildman–Crippen MR) is 92.3 cm³/mol. The van der Waals surface area contributed by atoms with Gasteiger partial charge in [-0.3, -0.25) is 4.90 Å². The molecule has 1 N–H and O–H groups in total. The first-order valence-corrected chi connectivity index (χ1v) is 10.1. The molecule has 0 aromatic heterocycles. The number of likely N-dealkylation sites (tertiary alicyclic amines) is 1. The van der Waals surface area contributed by atoms with E-state index in [0.29, 0.717) is 18.1 Å². The first-order valence-electron chi connectivity index (χ1n) is 10.1. The van der Waals surface area contributed by atoms with Crippen molar-refractivity contribution in [2.45, 2.75) is 76.9 Å². The van der Waals surface area contributed by atoms with Crippen LogP contribution in [0.4, 0.5) is 0 Å². The minimum atomic E-state index is -0.315. The third-order valence-electron chi connectivity index (χ3n) is 7.27. The quantitative estimate of drug-likeness (QED) is 0.813. The van der Waals surface area contributed by atoms with E-state index in [4.69, 9.17) is 4.74 Å². The molecule has 0 aromatic carbocycles. The molecular formula is C20H35NO2. The van der Waals surface area contributed by atoms with Crippen LogP contribution in [0.15, 0.2) is 0 Å². The van der Waals surface area contributed by atoms with Crippen molar-refractivity contribution in [2.75, 3.05) is 26.3 Å². The zero-order chi connectivity index (χ0) is 15.9. The van der Waals surface area contributed by atoms with E-state index in [2.05, 4.69) is 11.8 Å². The Labute approximate surface area is 141 Å². The molecule has 132 valence electrons. The van der Waals surface area contributed by atoms with E-state index in [1.165, 1.54) is 57.8 Å². The molecular weight excluding hydrogens is 286 g/mol. The maximum absolute atomic E-state index is 10.4. The molecule has 5 fully saturated rings. The van der Waals surface area contributed by atoms with Gasteiger partial charge < -0.3 is 9.84 Å². The fourth-order valence-electron chi connectivity index (χ4n) is 6.63. The molecule has 1 heterocycles. The van der Waals surface area contributed by atoms with E-state index in [1.54, 1.807) is 0 Å². The molecule has 4 bridgehead atoms. The lowest BCUT2D eigenvalue weighted by atomic mass is 9.50. The Hall–Kier alpha value is -0.120. The minimum absolute atomic E-state index is 0.315. The summed E-state index contributed by atoms with van der Waals surface area (Å²) in [6.07, 6.45) is 12.3. The molecule has 4 aliphatic carbocycles. The lowest BCUT2D eigenvalue weighted by molar-refractivity contribution is -0.107. The normalized spacial score (nSPS) is 44.6. The van der Waals surface area contributed by atoms with Gasteiger partial charge in [-0.1, -0.05) is 6.42 Å². The van der Waals surface area contributed by atoms with Crippen molar-refractivity contribution < 1.29 is 9.84 Å². The highest BCUT2D eigenvalue weighted by Gasteiger charge is 2.50. The van der Waals surface area contributed by atoms with E-state index in [1.807, 2.05) is 0 Å². The predicted octanol–water partition coefficient (Wildman–Crippen LogP) is 3.45. The van der Waals surface area contributed by atoms with Crippen LogP contribution in [-0.4, -0.2) is 48.5 Å². The molecule has 3 heteroatoms. The Morgan fingerprint density at radius 3 is 2.35 bits per heavy atom. The first kappa shape index (κ1) is 16.4. The number of β-amino-alcohol motifs (C(OH)–C–C–N with tert-alkyl or cyclic N) is 1. The molecule has 23 heavy (non-hydrogen) atoms. The van der Waals surface area contributed by atoms with Crippen LogP contribution in [0.2, 0.25) is 0 Å². The highest BCUT2D eigenvalue weighted by molar-refractivity contribution is 5.01. The average molecular weight is 322 g/mol. The molecule has 0 amide bonds. The summed E-state index contributed by atoms with van der Waals surface area (Å²) < 4.78 is 6.08. The molecule has 2 unspecified atom stereocenters. The number of hydrogen-bond acceptors (Lipinski definition) is 3. The van der Waals surface area contributed by atoms with Gasteiger partial charge in [0, 0.05) is 12.6 Å². The molecule has 4 saturated carbocycles. The van der Waals surface area contributed by atoms with Crippen LogP contribution >= 0.6 is 0 Å². The summed E-state index contributed by atoms with van der Waals surface area (Å²) in [5, 5.41) is 10.4. The fourth-order valence-corrected chi connectivity index (χ4v) is 6.63.